The van der Waals surface area contributed by atoms with Gasteiger partial charge in [-0.15, -0.1) is 0 Å². The number of nitrogens with zero attached hydrogens (tertiary/aromatic N) is 2. The fraction of sp³-hybridized carbons (Fsp3) is 0. The first-order chi connectivity index (χ1) is 27.1. The Morgan fingerprint density at radius 2 is 0.464 bits per heavy atom. The van der Waals surface area contributed by atoms with E-state index in [1.165, 1.54) is 72.8 Å². The highest BCUT2D eigenvalue weighted by Crippen LogP contribution is 2.41. The van der Waals surface area contributed by atoms with Crippen LogP contribution in [0.5, 0.6) is 0 Å². The monoisotopic (exact) mass is 758 g/mol. The second-order valence-corrected chi connectivity index (χ2v) is 12.9. The third kappa shape index (κ3) is 5.60. The zero-order valence-corrected chi connectivity index (χ0v) is 28.5. The number of halogens is 8. The SMILES string of the molecule is Fc1cccc(F)c1-c1c2nc(c(-c3c(F)cccc3F)c3ccc([nH]3)c(-c3c(F)cccc3F)c3nc(c(-c4c(F)cccc4F)c4ccc1[nH]4)C=C3)C=C2. The summed E-state index contributed by atoms with van der Waals surface area (Å²) in [5.41, 5.74) is -2.52. The Bertz CT molecular complexity index is 2550. The van der Waals surface area contributed by atoms with Crippen LogP contribution in [0.4, 0.5) is 35.1 Å². The molecule has 3 aromatic heterocycles. The van der Waals surface area contributed by atoms with Crippen LogP contribution in [0.3, 0.4) is 0 Å². The van der Waals surface area contributed by atoms with Gasteiger partial charge in [-0.3, -0.25) is 0 Å². The molecule has 56 heavy (non-hydrogen) atoms. The molecule has 7 aromatic rings. The van der Waals surface area contributed by atoms with Gasteiger partial charge in [0.1, 0.15) is 46.5 Å². The summed E-state index contributed by atoms with van der Waals surface area (Å²) in [6.45, 7) is 0. The summed E-state index contributed by atoms with van der Waals surface area (Å²) in [5, 5.41) is 0. The maximum atomic E-state index is 15.7. The number of hydrogen-bond donors (Lipinski definition) is 2. The molecule has 4 nitrogen and oxygen atoms in total. The predicted octanol–water partition coefficient (Wildman–Crippen LogP) is 12.4. The minimum absolute atomic E-state index is 0.0430. The topological polar surface area (TPSA) is 57.4 Å². The summed E-state index contributed by atoms with van der Waals surface area (Å²) in [5.74, 6) is -7.75. The molecule has 2 N–H and O–H groups in total. The van der Waals surface area contributed by atoms with Crippen LogP contribution in [0.1, 0.15) is 22.8 Å². The molecule has 0 spiro atoms. The molecular weight excluding hydrogens is 736 g/mol. The first-order valence-electron chi connectivity index (χ1n) is 17.0. The number of hydrogen-bond acceptors (Lipinski definition) is 2. The highest BCUT2D eigenvalue weighted by atomic mass is 19.2. The minimum Gasteiger partial charge on any atom is -0.354 e. The van der Waals surface area contributed by atoms with E-state index in [2.05, 4.69) is 19.9 Å². The van der Waals surface area contributed by atoms with Crippen molar-refractivity contribution in [2.75, 3.05) is 0 Å². The average Bonchev–Trinajstić information content (AvgIpc) is 4.00. The fourth-order valence-corrected chi connectivity index (χ4v) is 7.20. The van der Waals surface area contributed by atoms with Crippen molar-refractivity contribution in [3.63, 3.8) is 0 Å². The van der Waals surface area contributed by atoms with Gasteiger partial charge >= 0.3 is 0 Å². The van der Waals surface area contributed by atoms with Crippen LogP contribution in [0, 0.1) is 46.5 Å². The Morgan fingerprint density at radius 1 is 0.268 bits per heavy atom. The number of rotatable bonds is 4. The van der Waals surface area contributed by atoms with Crippen molar-refractivity contribution in [3.8, 4) is 44.5 Å². The molecular formula is C44H22F8N4. The van der Waals surface area contributed by atoms with Gasteiger partial charge in [0.2, 0.25) is 0 Å². The van der Waals surface area contributed by atoms with Gasteiger partial charge in [0, 0.05) is 44.3 Å². The Kier molecular flexibility index (Phi) is 8.26. The van der Waals surface area contributed by atoms with Crippen molar-refractivity contribution in [1.29, 1.82) is 0 Å². The van der Waals surface area contributed by atoms with Crippen molar-refractivity contribution in [3.05, 3.63) is 166 Å². The van der Waals surface area contributed by atoms with E-state index < -0.39 is 68.8 Å². The van der Waals surface area contributed by atoms with Crippen molar-refractivity contribution < 1.29 is 35.1 Å². The van der Waals surface area contributed by atoms with E-state index in [1.807, 2.05) is 0 Å². The number of nitrogens with one attached hydrogen (secondary N) is 2. The molecule has 274 valence electrons. The molecule has 4 aromatic carbocycles. The lowest BCUT2D eigenvalue weighted by Crippen LogP contribution is -1.96. The fourth-order valence-electron chi connectivity index (χ4n) is 7.20. The molecule has 0 aliphatic carbocycles. The van der Waals surface area contributed by atoms with Gasteiger partial charge in [0.25, 0.3) is 0 Å². The molecule has 12 heteroatoms. The number of benzene rings is 4. The normalized spacial score (nSPS) is 12.1. The van der Waals surface area contributed by atoms with E-state index in [9.17, 15) is 0 Å². The Labute approximate surface area is 311 Å². The van der Waals surface area contributed by atoms with Gasteiger partial charge in [-0.25, -0.2) is 45.1 Å². The van der Waals surface area contributed by atoms with Crippen molar-refractivity contribution in [2.45, 2.75) is 0 Å². The van der Waals surface area contributed by atoms with E-state index >= 15 is 35.1 Å². The Morgan fingerprint density at radius 3 is 0.661 bits per heavy atom. The summed E-state index contributed by atoms with van der Waals surface area (Å²) >= 11 is 0. The van der Waals surface area contributed by atoms with Crippen molar-refractivity contribution in [1.82, 2.24) is 19.9 Å². The predicted molar refractivity (Wildman–Crippen MR) is 200 cm³/mol. The summed E-state index contributed by atoms with van der Waals surface area (Å²) < 4.78 is 126. The summed E-state index contributed by atoms with van der Waals surface area (Å²) in [6, 6.07) is 18.7. The molecule has 9 rings (SSSR count). The van der Waals surface area contributed by atoms with E-state index in [4.69, 9.17) is 0 Å². The van der Waals surface area contributed by atoms with Crippen LogP contribution in [0.25, 0.3) is 90.9 Å². The van der Waals surface area contributed by atoms with Gasteiger partial charge in [-0.05, 0) is 97.1 Å². The lowest BCUT2D eigenvalue weighted by atomic mass is 10.0. The zero-order valence-electron chi connectivity index (χ0n) is 28.5. The first-order valence-corrected chi connectivity index (χ1v) is 17.0. The van der Waals surface area contributed by atoms with Crippen LogP contribution >= 0.6 is 0 Å². The molecule has 0 unspecified atom stereocenters. The zero-order chi connectivity index (χ0) is 38.8. The molecule has 0 fully saturated rings. The molecule has 0 saturated carbocycles. The molecule has 0 saturated heterocycles. The van der Waals surface area contributed by atoms with E-state index in [1.54, 1.807) is 0 Å². The highest BCUT2D eigenvalue weighted by molar-refractivity contribution is 6.00. The lowest BCUT2D eigenvalue weighted by Gasteiger charge is -2.09. The van der Waals surface area contributed by atoms with Gasteiger partial charge in [0.05, 0.1) is 45.0 Å². The van der Waals surface area contributed by atoms with Crippen LogP contribution in [0.2, 0.25) is 0 Å². The first kappa shape index (κ1) is 34.7. The molecule has 8 bridgehead atoms. The second-order valence-electron chi connectivity index (χ2n) is 12.9. The largest absolute Gasteiger partial charge is 0.354 e. The smallest absolute Gasteiger partial charge is 0.134 e. The van der Waals surface area contributed by atoms with E-state index in [0.29, 0.717) is 0 Å². The van der Waals surface area contributed by atoms with Crippen LogP contribution < -0.4 is 0 Å². The molecule has 0 radical (unpaired) electrons. The minimum atomic E-state index is -0.969. The third-order valence-electron chi connectivity index (χ3n) is 9.60. The second kappa shape index (κ2) is 13.3. The number of fused-ring (bicyclic) bond motifs is 8. The standard InChI is InChI=1S/C44H22F8N4/c45-21-5-1-6-22(46)37(21)41-29-13-15-31(53-29)42(38-23(47)7-2-8-24(38)48)33-17-19-35(55-33)44(40-27(51)11-4-12-28(40)52)36-20-18-34(56-36)43(32-16-14-30(41)54-32)39-25(49)9-3-10-26(39)50/h1-20,53,56H. The van der Waals surface area contributed by atoms with Crippen molar-refractivity contribution in [2.24, 2.45) is 0 Å². The number of H-pyrrole nitrogens is 2. The van der Waals surface area contributed by atoms with E-state index in [0.717, 1.165) is 48.5 Å². The van der Waals surface area contributed by atoms with Gasteiger partial charge in [-0.1, -0.05) is 24.3 Å². The number of aromatic amines is 2. The number of aromatic nitrogens is 4. The van der Waals surface area contributed by atoms with Gasteiger partial charge < -0.3 is 9.97 Å². The lowest BCUT2D eigenvalue weighted by molar-refractivity contribution is 0.589. The van der Waals surface area contributed by atoms with Gasteiger partial charge in [0.15, 0.2) is 0 Å². The maximum Gasteiger partial charge on any atom is 0.134 e. The van der Waals surface area contributed by atoms with Crippen LogP contribution in [-0.4, -0.2) is 19.9 Å². The summed E-state index contributed by atoms with van der Waals surface area (Å²) in [4.78, 5) is 15.4. The van der Waals surface area contributed by atoms with Crippen molar-refractivity contribution >= 4 is 46.4 Å². The maximum absolute atomic E-state index is 15.7. The summed E-state index contributed by atoms with van der Waals surface area (Å²) in [6.07, 6.45) is 5.59. The summed E-state index contributed by atoms with van der Waals surface area (Å²) in [7, 11) is 0. The van der Waals surface area contributed by atoms with Crippen LogP contribution in [-0.2, 0) is 0 Å². The van der Waals surface area contributed by atoms with E-state index in [-0.39, 0.29) is 67.1 Å². The molecule has 2 aliphatic rings. The molecule has 0 atom stereocenters. The molecule has 0 amide bonds. The molecule has 2 aliphatic heterocycles. The molecule has 5 heterocycles. The highest BCUT2D eigenvalue weighted by Gasteiger charge is 2.26. The Hall–Kier alpha value is -7.08. The quantitative estimate of drug-likeness (QED) is 0.176. The Balaban J connectivity index is 1.55. The van der Waals surface area contributed by atoms with Gasteiger partial charge in [-0.2, -0.15) is 0 Å². The average molecular weight is 759 g/mol. The van der Waals surface area contributed by atoms with Crippen LogP contribution in [0.15, 0.2) is 97.1 Å². The third-order valence-corrected chi connectivity index (χ3v) is 9.60.